The van der Waals surface area contributed by atoms with Crippen LogP contribution in [0.3, 0.4) is 0 Å². The van der Waals surface area contributed by atoms with Crippen molar-refractivity contribution in [3.8, 4) is 5.75 Å². The third-order valence-corrected chi connectivity index (χ3v) is 5.12. The van der Waals surface area contributed by atoms with Crippen molar-refractivity contribution < 1.29 is 22.7 Å². The molecule has 1 aromatic carbocycles. The fourth-order valence-corrected chi connectivity index (χ4v) is 3.87. The fourth-order valence-electron chi connectivity index (χ4n) is 2.63. The molecular weight excluding hydrogens is 334 g/mol. The highest BCUT2D eigenvalue weighted by atomic mass is 32.2. The standard InChI is InChI=1S/C15H17N3O5S/c1-2-18-12-4-3-10(7-13(12)23-8-14(18)19)16-15(20)17-11-5-6-24(21,22)9-11/h3-7,11H,2,8-9H2,1H3,(H2,16,17,20). The first-order valence-electron chi connectivity index (χ1n) is 7.43. The number of nitrogens with zero attached hydrogens (tertiary/aromatic N) is 1. The van der Waals surface area contributed by atoms with E-state index in [2.05, 4.69) is 10.6 Å². The second-order valence-electron chi connectivity index (χ2n) is 5.47. The van der Waals surface area contributed by atoms with Crippen LogP contribution in [0.15, 0.2) is 29.7 Å². The number of hydrogen-bond donors (Lipinski definition) is 2. The molecule has 1 atom stereocenters. The molecule has 9 heteroatoms. The molecule has 8 nitrogen and oxygen atoms in total. The first kappa shape index (κ1) is 16.3. The fraction of sp³-hybridized carbons (Fsp3) is 0.333. The Kier molecular flexibility index (Phi) is 4.18. The minimum atomic E-state index is -3.22. The van der Waals surface area contributed by atoms with Crippen LogP contribution in [0.5, 0.6) is 5.75 Å². The Morgan fingerprint density at radius 3 is 2.88 bits per heavy atom. The number of anilines is 2. The molecule has 1 aromatic rings. The van der Waals surface area contributed by atoms with Crippen molar-refractivity contribution in [3.05, 3.63) is 29.7 Å². The Hall–Kier alpha value is -2.55. The molecule has 128 valence electrons. The Labute approximate surface area is 139 Å². The summed E-state index contributed by atoms with van der Waals surface area (Å²) in [6, 6.07) is 3.93. The zero-order valence-corrected chi connectivity index (χ0v) is 13.8. The van der Waals surface area contributed by atoms with E-state index in [0.29, 0.717) is 23.7 Å². The molecule has 2 N–H and O–H groups in total. The highest BCUT2D eigenvalue weighted by Crippen LogP contribution is 2.34. The number of carbonyl (C=O) groups excluding carboxylic acids is 2. The van der Waals surface area contributed by atoms with Gasteiger partial charge in [0.05, 0.1) is 17.5 Å². The Morgan fingerprint density at radius 1 is 1.42 bits per heavy atom. The highest BCUT2D eigenvalue weighted by molar-refractivity contribution is 7.94. The lowest BCUT2D eigenvalue weighted by Crippen LogP contribution is -2.39. The molecule has 0 radical (unpaired) electrons. The number of amides is 3. The molecular formula is C15H17N3O5S. The molecule has 0 bridgehead atoms. The maximum Gasteiger partial charge on any atom is 0.319 e. The van der Waals surface area contributed by atoms with E-state index in [0.717, 1.165) is 5.41 Å². The van der Waals surface area contributed by atoms with E-state index in [1.807, 2.05) is 6.92 Å². The maximum absolute atomic E-state index is 12.0. The summed E-state index contributed by atoms with van der Waals surface area (Å²) in [7, 11) is -3.22. The topological polar surface area (TPSA) is 105 Å². The predicted octanol–water partition coefficient (Wildman–Crippen LogP) is 0.864. The zero-order valence-electron chi connectivity index (χ0n) is 13.0. The lowest BCUT2D eigenvalue weighted by molar-refractivity contribution is -0.121. The van der Waals surface area contributed by atoms with Gasteiger partial charge in [0.2, 0.25) is 0 Å². The summed E-state index contributed by atoms with van der Waals surface area (Å²) in [6.45, 7) is 2.36. The quantitative estimate of drug-likeness (QED) is 0.840. The SMILES string of the molecule is CCN1C(=O)COc2cc(NC(=O)NC3C=CS(=O)(=O)C3)ccc21. The zero-order chi connectivity index (χ0) is 17.3. The second kappa shape index (κ2) is 6.16. The number of hydrogen-bond acceptors (Lipinski definition) is 5. The van der Waals surface area contributed by atoms with Crippen molar-refractivity contribution >= 4 is 33.2 Å². The Morgan fingerprint density at radius 2 is 2.21 bits per heavy atom. The van der Waals surface area contributed by atoms with Crippen molar-refractivity contribution in [2.75, 3.05) is 29.1 Å². The summed E-state index contributed by atoms with van der Waals surface area (Å²) in [4.78, 5) is 25.3. The number of ether oxygens (including phenoxy) is 1. The second-order valence-corrected chi connectivity index (χ2v) is 7.40. The van der Waals surface area contributed by atoms with E-state index in [4.69, 9.17) is 4.74 Å². The van der Waals surface area contributed by atoms with E-state index in [1.165, 1.54) is 6.08 Å². The van der Waals surface area contributed by atoms with Gasteiger partial charge in [-0.05, 0) is 25.1 Å². The number of rotatable bonds is 3. The van der Waals surface area contributed by atoms with Crippen LogP contribution in [-0.2, 0) is 14.6 Å². The molecule has 3 rings (SSSR count). The van der Waals surface area contributed by atoms with E-state index in [1.54, 1.807) is 23.1 Å². The highest BCUT2D eigenvalue weighted by Gasteiger charge is 2.25. The number of benzene rings is 1. The Balaban J connectivity index is 1.67. The van der Waals surface area contributed by atoms with Crippen LogP contribution in [0.25, 0.3) is 0 Å². The average Bonchev–Trinajstić information content (AvgIpc) is 2.86. The number of carbonyl (C=O) groups is 2. The van der Waals surface area contributed by atoms with Gasteiger partial charge in [-0.1, -0.05) is 0 Å². The molecule has 1 unspecified atom stereocenters. The molecule has 2 aliphatic heterocycles. The van der Waals surface area contributed by atoms with Crippen LogP contribution in [0.1, 0.15) is 6.92 Å². The molecule has 24 heavy (non-hydrogen) atoms. The van der Waals surface area contributed by atoms with Gasteiger partial charge in [0.25, 0.3) is 5.91 Å². The minimum Gasteiger partial charge on any atom is -0.481 e. The molecule has 0 saturated heterocycles. The van der Waals surface area contributed by atoms with Crippen LogP contribution in [-0.4, -0.2) is 45.3 Å². The first-order valence-corrected chi connectivity index (χ1v) is 9.15. The molecule has 0 fully saturated rings. The number of fused-ring (bicyclic) bond motifs is 1. The minimum absolute atomic E-state index is 0.0405. The third-order valence-electron chi connectivity index (χ3n) is 3.72. The molecule has 0 aliphatic carbocycles. The van der Waals surface area contributed by atoms with E-state index in [9.17, 15) is 18.0 Å². The van der Waals surface area contributed by atoms with Crippen molar-refractivity contribution in [1.82, 2.24) is 5.32 Å². The molecule has 0 spiro atoms. The summed E-state index contributed by atoms with van der Waals surface area (Å²) in [6.07, 6.45) is 1.44. The molecule has 2 aliphatic rings. The van der Waals surface area contributed by atoms with Crippen molar-refractivity contribution in [3.63, 3.8) is 0 Å². The van der Waals surface area contributed by atoms with Gasteiger partial charge in [-0.15, -0.1) is 0 Å². The summed E-state index contributed by atoms with van der Waals surface area (Å²) >= 11 is 0. The van der Waals surface area contributed by atoms with Gasteiger partial charge >= 0.3 is 6.03 Å². The number of urea groups is 1. The monoisotopic (exact) mass is 351 g/mol. The van der Waals surface area contributed by atoms with Gasteiger partial charge in [0, 0.05) is 23.7 Å². The van der Waals surface area contributed by atoms with Gasteiger partial charge in [0.15, 0.2) is 16.4 Å². The molecule has 2 heterocycles. The van der Waals surface area contributed by atoms with Crippen molar-refractivity contribution in [2.24, 2.45) is 0 Å². The van der Waals surface area contributed by atoms with Gasteiger partial charge < -0.3 is 20.3 Å². The van der Waals surface area contributed by atoms with Crippen LogP contribution in [0.4, 0.5) is 16.2 Å². The molecule has 0 saturated carbocycles. The number of nitrogens with one attached hydrogen (secondary N) is 2. The van der Waals surface area contributed by atoms with Gasteiger partial charge in [-0.25, -0.2) is 13.2 Å². The smallest absolute Gasteiger partial charge is 0.319 e. The van der Waals surface area contributed by atoms with E-state index >= 15 is 0 Å². The van der Waals surface area contributed by atoms with Crippen molar-refractivity contribution in [2.45, 2.75) is 13.0 Å². The molecule has 3 amide bonds. The normalized spacial score (nSPS) is 21.1. The lowest BCUT2D eigenvalue weighted by atomic mass is 10.2. The average molecular weight is 351 g/mol. The summed E-state index contributed by atoms with van der Waals surface area (Å²) in [5.74, 6) is 0.261. The number of likely N-dealkylation sites (N-methyl/N-ethyl adjacent to an activating group) is 1. The maximum atomic E-state index is 12.0. The van der Waals surface area contributed by atoms with E-state index < -0.39 is 21.9 Å². The first-order chi connectivity index (χ1) is 11.4. The van der Waals surface area contributed by atoms with Gasteiger partial charge in [-0.3, -0.25) is 4.79 Å². The van der Waals surface area contributed by atoms with Crippen LogP contribution in [0.2, 0.25) is 0 Å². The third kappa shape index (κ3) is 3.35. The van der Waals surface area contributed by atoms with Crippen LogP contribution in [0, 0.1) is 0 Å². The summed E-state index contributed by atoms with van der Waals surface area (Å²) < 4.78 is 28.0. The Bertz CT molecular complexity index is 818. The van der Waals surface area contributed by atoms with E-state index in [-0.39, 0.29) is 18.3 Å². The van der Waals surface area contributed by atoms with Crippen molar-refractivity contribution in [1.29, 1.82) is 0 Å². The summed E-state index contributed by atoms with van der Waals surface area (Å²) in [5.41, 5.74) is 1.14. The predicted molar refractivity (Wildman–Crippen MR) is 88.8 cm³/mol. The van der Waals surface area contributed by atoms with Crippen LogP contribution < -0.4 is 20.3 Å². The van der Waals surface area contributed by atoms with Gasteiger partial charge in [-0.2, -0.15) is 0 Å². The van der Waals surface area contributed by atoms with Crippen LogP contribution >= 0.6 is 0 Å². The number of sulfone groups is 1. The molecule has 0 aromatic heterocycles. The van der Waals surface area contributed by atoms with Gasteiger partial charge in [0.1, 0.15) is 5.75 Å². The summed E-state index contributed by atoms with van der Waals surface area (Å²) in [5, 5.41) is 6.30. The lowest BCUT2D eigenvalue weighted by Gasteiger charge is -2.28. The largest absolute Gasteiger partial charge is 0.481 e.